The molecule has 2 aromatic rings. The summed E-state index contributed by atoms with van der Waals surface area (Å²) >= 11 is 0. The van der Waals surface area contributed by atoms with Crippen molar-refractivity contribution in [1.29, 1.82) is 1.34 Å². The predicted octanol–water partition coefficient (Wildman–Crippen LogP) is -0.399. The number of benzene rings is 1. The molecule has 3 N–H and O–H groups in total. The van der Waals surface area contributed by atoms with Gasteiger partial charge >= 0.3 is 29.2 Å². The van der Waals surface area contributed by atoms with Gasteiger partial charge < -0.3 is 28.5 Å². The fraction of sp³-hybridized carbons (Fsp3) is 0.222. The second-order valence-electron chi connectivity index (χ2n) is 7.58. The first-order chi connectivity index (χ1) is 20.5. The Labute approximate surface area is 279 Å². The van der Waals surface area contributed by atoms with Crippen molar-refractivity contribution in [1.82, 2.24) is 0 Å². The van der Waals surface area contributed by atoms with Gasteiger partial charge in [-0.3, -0.25) is 4.55 Å². The van der Waals surface area contributed by atoms with Gasteiger partial charge in [-0.25, -0.2) is 24.0 Å². The first-order valence-corrected chi connectivity index (χ1v) is 13.0. The van der Waals surface area contributed by atoms with E-state index in [1.165, 1.54) is 36.4 Å². The molecule has 17 heteroatoms. The van der Waals surface area contributed by atoms with E-state index in [2.05, 4.69) is 46.4 Å². The zero-order chi connectivity index (χ0) is 34.6. The maximum absolute atomic E-state index is 10.9. The van der Waals surface area contributed by atoms with E-state index in [-0.39, 0.29) is 46.8 Å². The summed E-state index contributed by atoms with van der Waals surface area (Å²) in [6, 6.07) is 5.99. The Balaban J connectivity index is -0.000000517. The Bertz CT molecular complexity index is 1560. The number of esters is 2. The molecular weight excluding hydrogens is 829 g/mol. The molecule has 3 atom stereocenters. The number of rotatable bonds is 5. The Hall–Kier alpha value is -3.74. The molecule has 1 aliphatic rings. The monoisotopic (exact) mass is 861 g/mol. The summed E-state index contributed by atoms with van der Waals surface area (Å²) in [4.78, 5) is 53.2. The van der Waals surface area contributed by atoms with Crippen LogP contribution in [0.5, 0.6) is 0 Å². The molecule has 1 aliphatic heterocycles. The van der Waals surface area contributed by atoms with E-state index < -0.39 is 57.6 Å². The zero-order valence-corrected chi connectivity index (χ0v) is 28.8. The van der Waals surface area contributed by atoms with Crippen molar-refractivity contribution >= 4 is 48.6 Å². The quantitative estimate of drug-likeness (QED) is 0.151. The number of hydrogen-bond acceptors (Lipinski definition) is 12. The minimum Gasteiger partial charge on any atom is -0.479 e. The van der Waals surface area contributed by atoms with Gasteiger partial charge in [0.15, 0.2) is 6.10 Å². The zero-order valence-electron chi connectivity index (χ0n) is 24.9. The van der Waals surface area contributed by atoms with E-state index in [0.29, 0.717) is 0 Å². The Morgan fingerprint density at radius 1 is 0.909 bits per heavy atom. The molecule has 1 aromatic carbocycles. The predicted molar refractivity (Wildman–Crippen MR) is 155 cm³/mol. The molecule has 3 rings (SSSR count). The summed E-state index contributed by atoms with van der Waals surface area (Å²) in [7, 11) is -0.270. The number of carboxylic acid groups (broad SMARTS) is 1. The molecule has 236 valence electrons. The molecule has 3 unspecified atom stereocenters. The normalized spacial score (nSPS) is 16.6. The maximum Gasteiger partial charge on any atom is 0.379 e. The molecule has 14 nitrogen and oxygen atoms in total. The molecule has 0 saturated carbocycles. The van der Waals surface area contributed by atoms with Gasteiger partial charge in [-0.2, -0.15) is 8.42 Å². The van der Waals surface area contributed by atoms with Crippen LogP contribution in [0.2, 0.25) is 0 Å². The first-order valence-electron chi connectivity index (χ1n) is 12.1. The van der Waals surface area contributed by atoms with Crippen molar-refractivity contribution in [2.45, 2.75) is 44.0 Å². The number of hydrogen-bond donors (Lipinski definition) is 3. The van der Waals surface area contributed by atoms with E-state index in [1.807, 2.05) is 6.92 Å². The summed E-state index contributed by atoms with van der Waals surface area (Å²) in [5.74, 6) is -2.50. The number of cyclic esters (lactones) is 2. The van der Waals surface area contributed by atoms with Crippen LogP contribution in [0.4, 0.5) is 0 Å². The fourth-order valence-corrected chi connectivity index (χ4v) is 2.80. The van der Waals surface area contributed by atoms with Gasteiger partial charge in [0.05, 0.1) is 4.90 Å². The van der Waals surface area contributed by atoms with E-state index in [4.69, 9.17) is 16.1 Å². The van der Waals surface area contributed by atoms with E-state index >= 15 is 0 Å². The largest absolute Gasteiger partial charge is 0.479 e. The van der Waals surface area contributed by atoms with E-state index in [0.717, 1.165) is 11.6 Å². The van der Waals surface area contributed by atoms with Crippen LogP contribution in [0.25, 0.3) is 12.2 Å². The topological polar surface area (TPSA) is 225 Å². The number of ether oxygens (including phenoxy) is 2. The van der Waals surface area contributed by atoms with Crippen molar-refractivity contribution in [2.75, 3.05) is 0 Å². The summed E-state index contributed by atoms with van der Waals surface area (Å²) in [6.07, 6.45) is 2.75. The van der Waals surface area contributed by atoms with Crippen LogP contribution in [-0.2, 0) is 34.0 Å². The van der Waals surface area contributed by atoms with Crippen molar-refractivity contribution in [3.63, 3.8) is 0 Å². The Morgan fingerprint density at radius 3 is 1.50 bits per heavy atom. The SMILES string of the molecule is C/C=c1\oc(=O)/c(=C/C)oc1=O.C=CC(O)C(=O)O.C=CC1OC(=O)C(C=C)OC1=O.Cc1ccc(S(=O)(=O)O)cc1.[2H][B].[U]. The molecule has 0 amide bonds. The second kappa shape index (κ2) is 21.9. The average Bonchev–Trinajstić information content (AvgIpc) is 3.00. The van der Waals surface area contributed by atoms with Crippen LogP contribution in [0, 0.1) is 38.0 Å². The van der Waals surface area contributed by atoms with Crippen molar-refractivity contribution < 1.29 is 87.0 Å². The van der Waals surface area contributed by atoms with Gasteiger partial charge in [-0.15, -0.1) is 0 Å². The van der Waals surface area contributed by atoms with Crippen LogP contribution in [0.15, 0.2) is 85.5 Å². The maximum atomic E-state index is 10.9. The summed E-state index contributed by atoms with van der Waals surface area (Å²) in [6.45, 7) is 14.7. The average molecular weight is 861 g/mol. The molecule has 44 heavy (non-hydrogen) atoms. The number of carbonyl (C=O) groups excluding carboxylic acids is 2. The molecule has 0 aliphatic carbocycles. The minimum atomic E-state index is -4.02. The third-order valence-corrected chi connectivity index (χ3v) is 5.37. The number of aliphatic hydroxyl groups excluding tert-OH is 1. The van der Waals surface area contributed by atoms with Gasteiger partial charge in [0.2, 0.25) is 23.0 Å². The van der Waals surface area contributed by atoms with Gasteiger partial charge in [0.1, 0.15) is 0 Å². The Kier molecular flexibility index (Phi) is 21.1. The van der Waals surface area contributed by atoms with Crippen LogP contribution < -0.4 is 22.1 Å². The fourth-order valence-electron chi connectivity index (χ4n) is 2.32. The van der Waals surface area contributed by atoms with Crippen LogP contribution in [0.1, 0.15) is 19.4 Å². The van der Waals surface area contributed by atoms with E-state index in [9.17, 15) is 32.4 Å². The number of aryl methyl sites for hydroxylation is 1. The second-order valence-corrected chi connectivity index (χ2v) is 9.00. The first kappa shape index (κ1) is 42.4. The molecule has 0 bridgehead atoms. The number of carbonyl (C=O) groups is 3. The van der Waals surface area contributed by atoms with Crippen LogP contribution >= 0.6 is 0 Å². The van der Waals surface area contributed by atoms with Crippen molar-refractivity contribution in [3.8, 4) is 0 Å². The minimum absolute atomic E-state index is 0. The molecule has 1 fully saturated rings. The summed E-state index contributed by atoms with van der Waals surface area (Å²) in [5.41, 5.74) is -0.441. The number of carboxylic acids is 1. The van der Waals surface area contributed by atoms with Gasteiger partial charge in [-0.05, 0) is 58.5 Å². The van der Waals surface area contributed by atoms with Gasteiger partial charge in [0.25, 0.3) is 10.1 Å². The molecule has 1 aromatic heterocycles. The van der Waals surface area contributed by atoms with Gasteiger partial charge in [0, 0.05) is 39.5 Å². The molecule has 2 heterocycles. The van der Waals surface area contributed by atoms with Crippen molar-refractivity contribution in [2.24, 2.45) is 0 Å². The number of aliphatic hydroxyl groups is 1. The van der Waals surface area contributed by atoms with Gasteiger partial charge in [-0.1, -0.05) is 43.5 Å². The van der Waals surface area contributed by atoms with Crippen LogP contribution in [0.3, 0.4) is 0 Å². The summed E-state index contributed by atoms with van der Waals surface area (Å²) in [5, 5.41) is 16.1. The third kappa shape index (κ3) is 15.6. The number of aliphatic carboxylic acids is 1. The third-order valence-electron chi connectivity index (χ3n) is 4.51. The Morgan fingerprint density at radius 2 is 1.27 bits per heavy atom. The summed E-state index contributed by atoms with van der Waals surface area (Å²) < 4.78 is 53.4. The van der Waals surface area contributed by atoms with E-state index in [1.54, 1.807) is 26.0 Å². The molecule has 0 spiro atoms. The molecule has 1 saturated heterocycles. The molecule has 2 radical (unpaired) electrons. The smallest absolute Gasteiger partial charge is 0.379 e. The molecular formula is C27H31BO14SU. The van der Waals surface area contributed by atoms with Crippen molar-refractivity contribution in [3.05, 3.63) is 99.5 Å². The standard InChI is InChI=1S/2C8H8O4.C7H8O3S.C4H6O3.BH.U/c2*1-3-5-7(9)12-6(4-2)8(10)11-5;1-6-2-4-7(5-3-6)11(8,9)10;1-2-3(5)4(6)7;;/h3-4H,1-2H3;3-6H,1-2H2;2-5H,1H3,(H,8,9,10);2-3,5H,1H2,(H,6,7);1H;/b5-3-,6-4-;;;;;/i;;;;1D;. The van der Waals surface area contributed by atoms with Crippen LogP contribution in [-0.4, -0.2) is 69.1 Å².